The van der Waals surface area contributed by atoms with Crippen LogP contribution in [-0.2, 0) is 36.9 Å². The summed E-state index contributed by atoms with van der Waals surface area (Å²) >= 11 is 0. The molecule has 1 aromatic carbocycles. The van der Waals surface area contributed by atoms with E-state index >= 15 is 0 Å². The zero-order valence-corrected chi connectivity index (χ0v) is 12.6. The zero-order valence-electron chi connectivity index (χ0n) is 11.3. The van der Waals surface area contributed by atoms with Crippen molar-refractivity contribution in [3.8, 4) is 0 Å². The van der Waals surface area contributed by atoms with E-state index in [1.807, 2.05) is 44.2 Å². The third-order valence-corrected chi connectivity index (χ3v) is 2.60. The van der Waals surface area contributed by atoms with Crippen molar-refractivity contribution in [1.82, 2.24) is 0 Å². The molecule has 0 heterocycles. The van der Waals surface area contributed by atoms with Gasteiger partial charge in [0.25, 0.3) is 0 Å². The second-order valence-electron chi connectivity index (χ2n) is 3.54. The number of hydrogen-bond acceptors (Lipinski definition) is 1. The van der Waals surface area contributed by atoms with Crippen molar-refractivity contribution in [1.29, 1.82) is 0 Å². The van der Waals surface area contributed by atoms with Crippen LogP contribution >= 0.6 is 0 Å². The number of benzene rings is 1. The molecule has 0 saturated heterocycles. The van der Waals surface area contributed by atoms with Gasteiger partial charge >= 0.3 is 33.9 Å². The molecule has 4 nitrogen and oxygen atoms in total. The van der Waals surface area contributed by atoms with Gasteiger partial charge in [0.15, 0.2) is 0 Å². The fraction of sp³-hybridized carbons (Fsp3) is 0.267. The van der Waals surface area contributed by atoms with E-state index in [0.29, 0.717) is 0 Å². The summed E-state index contributed by atoms with van der Waals surface area (Å²) in [7, 11) is 0. The maximum absolute atomic E-state index is 10.2. The minimum atomic E-state index is -0.816. The van der Waals surface area contributed by atoms with Crippen molar-refractivity contribution in [2.75, 3.05) is 0 Å². The van der Waals surface area contributed by atoms with Crippen LogP contribution in [0.2, 0.25) is 0 Å². The fourth-order valence-corrected chi connectivity index (χ4v) is 1.27. The van der Waals surface area contributed by atoms with Crippen molar-refractivity contribution in [3.63, 3.8) is 0 Å². The van der Waals surface area contributed by atoms with Crippen LogP contribution in [0.15, 0.2) is 43.0 Å². The maximum atomic E-state index is 10.2. The monoisotopic (exact) mass is 312 g/mol. The Morgan fingerprint density at radius 1 is 1.10 bits per heavy atom. The van der Waals surface area contributed by atoms with Crippen molar-refractivity contribution in [2.24, 2.45) is 5.92 Å². The third kappa shape index (κ3) is 9.58. The van der Waals surface area contributed by atoms with Crippen molar-refractivity contribution in [2.45, 2.75) is 19.4 Å². The normalized spacial score (nSPS) is 11.7. The van der Waals surface area contributed by atoms with Gasteiger partial charge in [-0.05, 0) is 12.5 Å². The topological polar surface area (TPSA) is 79.9 Å². The second-order valence-corrected chi connectivity index (χ2v) is 3.54. The van der Waals surface area contributed by atoms with Gasteiger partial charge in [-0.2, -0.15) is 0 Å². The molecule has 0 aliphatic carbocycles. The molecule has 0 bridgehead atoms. The number of rotatable bonds is 3. The minimum absolute atomic E-state index is 0. The molecule has 0 aliphatic heterocycles. The summed E-state index contributed by atoms with van der Waals surface area (Å²) in [5.74, 6) is 0.0508. The molecule has 20 heavy (non-hydrogen) atoms. The van der Waals surface area contributed by atoms with Crippen LogP contribution in [0.4, 0.5) is 0 Å². The van der Waals surface area contributed by atoms with Gasteiger partial charge < -0.3 is 5.11 Å². The van der Waals surface area contributed by atoms with Crippen LogP contribution in [0, 0.1) is 25.9 Å². The Bertz CT molecular complexity index is 379. The Kier molecular flexibility index (Phi) is 23.9. The smallest absolute Gasteiger partial charge is 0 e. The van der Waals surface area contributed by atoms with E-state index in [1.165, 1.54) is 0 Å². The Hall–Kier alpha value is -1.33. The predicted octanol–water partition coefficient (Wildman–Crippen LogP) is 2.60. The molecular weight excluding hydrogens is 296 g/mol. The molecule has 0 radical (unpaired) electrons. The molecule has 0 unspecified atom stereocenters. The van der Waals surface area contributed by atoms with E-state index in [4.69, 9.17) is 14.0 Å². The third-order valence-electron chi connectivity index (χ3n) is 2.60. The molecule has 2 atom stereocenters. The van der Waals surface area contributed by atoms with E-state index in [1.54, 1.807) is 6.08 Å². The number of hydrogen-bond donors (Lipinski definition) is 1. The molecule has 5 heteroatoms. The molecule has 1 aromatic rings. The van der Waals surface area contributed by atoms with Crippen LogP contribution in [0.3, 0.4) is 0 Å². The number of aliphatic hydroxyl groups is 1. The Morgan fingerprint density at radius 2 is 1.45 bits per heavy atom. The molecular formula is C15H16CrO4. The van der Waals surface area contributed by atoms with Crippen LogP contribution in [0.1, 0.15) is 19.4 Å². The molecule has 0 saturated carbocycles. The molecule has 0 aliphatic rings. The quantitative estimate of drug-likeness (QED) is 0.519. The molecule has 106 valence electrons. The summed E-state index contributed by atoms with van der Waals surface area (Å²) in [6.45, 7) is 21.0. The van der Waals surface area contributed by atoms with E-state index in [9.17, 15) is 5.11 Å². The van der Waals surface area contributed by atoms with Gasteiger partial charge in [-0.3, -0.25) is 0 Å². The molecule has 0 amide bonds. The second kappa shape index (κ2) is 17.7. The average molecular weight is 312 g/mol. The summed E-state index contributed by atoms with van der Waals surface area (Å²) in [6.07, 6.45) is 1.77. The van der Waals surface area contributed by atoms with Gasteiger partial charge in [0.05, 0.1) is 5.60 Å². The SMILES string of the molecule is C=C[C@@H](C)[C@@](C)(O)c1ccccc1.[C-]#[O+].[C-]#[O+].[C-]#[O+].[Cr]. The van der Waals surface area contributed by atoms with Gasteiger partial charge in [-0.1, -0.05) is 43.3 Å². The summed E-state index contributed by atoms with van der Waals surface area (Å²) < 4.78 is 22.5. The first-order valence-electron chi connectivity index (χ1n) is 5.10. The Morgan fingerprint density at radius 3 is 1.75 bits per heavy atom. The first-order chi connectivity index (χ1) is 9.09. The van der Waals surface area contributed by atoms with Crippen molar-refractivity contribution in [3.05, 3.63) is 68.5 Å². The van der Waals surface area contributed by atoms with Gasteiger partial charge in [0.1, 0.15) is 0 Å². The van der Waals surface area contributed by atoms with Crippen LogP contribution < -0.4 is 0 Å². The van der Waals surface area contributed by atoms with E-state index in [2.05, 4.69) is 26.5 Å². The van der Waals surface area contributed by atoms with E-state index in [0.717, 1.165) is 5.56 Å². The first-order valence-corrected chi connectivity index (χ1v) is 5.10. The largest absolute Gasteiger partial charge is 0 e. The van der Waals surface area contributed by atoms with Gasteiger partial charge in [0.2, 0.25) is 0 Å². The van der Waals surface area contributed by atoms with Crippen LogP contribution in [0.25, 0.3) is 0 Å². The molecule has 1 N–H and O–H groups in total. The summed E-state index contributed by atoms with van der Waals surface area (Å²) in [6, 6.07) is 9.66. The Balaban J connectivity index is -0.000000162. The summed E-state index contributed by atoms with van der Waals surface area (Å²) in [5, 5.41) is 10.2. The van der Waals surface area contributed by atoms with Gasteiger partial charge in [-0.25, -0.2) is 0 Å². The maximum Gasteiger partial charge on any atom is 0 e. The van der Waals surface area contributed by atoms with Crippen LogP contribution in [0.5, 0.6) is 0 Å². The minimum Gasteiger partial charge on any atom is 0 e. The average Bonchev–Trinajstić information content (AvgIpc) is 2.53. The molecule has 0 fully saturated rings. The van der Waals surface area contributed by atoms with Gasteiger partial charge in [-0.15, -0.1) is 6.58 Å². The van der Waals surface area contributed by atoms with Crippen molar-refractivity contribution >= 4 is 0 Å². The molecule has 1 rings (SSSR count). The van der Waals surface area contributed by atoms with Gasteiger partial charge in [0, 0.05) is 23.3 Å². The fourth-order valence-electron chi connectivity index (χ4n) is 1.27. The van der Waals surface area contributed by atoms with E-state index in [-0.39, 0.29) is 23.3 Å². The summed E-state index contributed by atoms with van der Waals surface area (Å²) in [5.41, 5.74) is 0.116. The Labute approximate surface area is 130 Å². The van der Waals surface area contributed by atoms with Crippen LogP contribution in [-0.4, -0.2) is 5.11 Å². The molecule has 0 spiro atoms. The predicted molar refractivity (Wildman–Crippen MR) is 67.2 cm³/mol. The zero-order chi connectivity index (χ0) is 15.9. The molecule has 0 aromatic heterocycles. The standard InChI is InChI=1S/C12H16O.3CO.Cr/c1-4-10(2)12(3,13)11-8-6-5-7-9-11;3*1-2;/h4-10,13H,1H2,2-3H3;;;;/t10-,12-;;;;/m1..../s1. The first kappa shape index (κ1) is 27.1. The van der Waals surface area contributed by atoms with E-state index < -0.39 is 5.60 Å². The van der Waals surface area contributed by atoms with Crippen molar-refractivity contribution < 1.29 is 36.4 Å². The summed E-state index contributed by atoms with van der Waals surface area (Å²) in [4.78, 5) is 0.